The standard InChI is InChI=1S/C26H33F3O7S/c1-5-33-22-12-18-15-25(3,4)17-35-24(21(18)14-23(22)34-6-2)16-32-10-11-36-37(30,31)20-9-7-8-19(13-20)26(27,28)29/h7-9,12-14,24H,5-6,10-11,15-17H2,1-4H3. The first-order valence-corrected chi connectivity index (χ1v) is 13.5. The van der Waals surface area contributed by atoms with E-state index in [9.17, 15) is 21.6 Å². The number of ether oxygens (including phenoxy) is 4. The summed E-state index contributed by atoms with van der Waals surface area (Å²) >= 11 is 0. The maximum atomic E-state index is 12.9. The van der Waals surface area contributed by atoms with Crippen molar-refractivity contribution in [3.63, 3.8) is 0 Å². The normalized spacial score (nSPS) is 17.6. The average Bonchev–Trinajstić information content (AvgIpc) is 2.94. The maximum absolute atomic E-state index is 12.9. The Hall–Kier alpha value is -2.34. The number of benzene rings is 2. The minimum atomic E-state index is -4.66. The second-order valence-electron chi connectivity index (χ2n) is 9.38. The summed E-state index contributed by atoms with van der Waals surface area (Å²) < 4.78 is 91.7. The Morgan fingerprint density at radius 1 is 1.03 bits per heavy atom. The molecule has 1 unspecified atom stereocenters. The van der Waals surface area contributed by atoms with Crippen LogP contribution in [-0.4, -0.2) is 48.1 Å². The minimum absolute atomic E-state index is 0.105. The quantitative estimate of drug-likeness (QED) is 0.270. The van der Waals surface area contributed by atoms with Crippen molar-refractivity contribution in [2.45, 2.75) is 51.3 Å². The molecule has 0 spiro atoms. The van der Waals surface area contributed by atoms with Gasteiger partial charge >= 0.3 is 6.18 Å². The van der Waals surface area contributed by atoms with Crippen LogP contribution >= 0.6 is 0 Å². The molecule has 1 aliphatic rings. The molecule has 1 heterocycles. The fraction of sp³-hybridized carbons (Fsp3) is 0.538. The van der Waals surface area contributed by atoms with Crippen LogP contribution in [0.5, 0.6) is 11.5 Å². The van der Waals surface area contributed by atoms with Gasteiger partial charge in [-0.25, -0.2) is 0 Å². The Labute approximate surface area is 215 Å². The van der Waals surface area contributed by atoms with Crippen LogP contribution in [0.1, 0.15) is 50.5 Å². The number of alkyl halides is 3. The Morgan fingerprint density at radius 2 is 1.70 bits per heavy atom. The van der Waals surface area contributed by atoms with Crippen molar-refractivity contribution in [2.24, 2.45) is 5.41 Å². The Morgan fingerprint density at radius 3 is 2.35 bits per heavy atom. The average molecular weight is 547 g/mol. The molecule has 7 nitrogen and oxygen atoms in total. The Kier molecular flexibility index (Phi) is 9.49. The number of fused-ring (bicyclic) bond motifs is 1. The monoisotopic (exact) mass is 546 g/mol. The second-order valence-corrected chi connectivity index (χ2v) is 11.0. The van der Waals surface area contributed by atoms with Crippen molar-refractivity contribution in [1.29, 1.82) is 0 Å². The highest BCUT2D eigenvalue weighted by Gasteiger charge is 2.32. The first-order chi connectivity index (χ1) is 17.4. The van der Waals surface area contributed by atoms with E-state index in [1.54, 1.807) is 0 Å². The van der Waals surface area contributed by atoms with Gasteiger partial charge in [0.25, 0.3) is 10.1 Å². The van der Waals surface area contributed by atoms with Gasteiger partial charge in [-0.05, 0) is 67.1 Å². The molecule has 0 saturated carbocycles. The minimum Gasteiger partial charge on any atom is -0.490 e. The summed E-state index contributed by atoms with van der Waals surface area (Å²) in [5.74, 6) is 1.26. The van der Waals surface area contributed by atoms with Gasteiger partial charge < -0.3 is 18.9 Å². The van der Waals surface area contributed by atoms with E-state index in [1.165, 1.54) is 0 Å². The fourth-order valence-corrected chi connectivity index (χ4v) is 4.96. The molecule has 1 aliphatic heterocycles. The van der Waals surface area contributed by atoms with Gasteiger partial charge in [0.1, 0.15) is 6.10 Å². The zero-order valence-corrected chi connectivity index (χ0v) is 22.2. The van der Waals surface area contributed by atoms with E-state index in [4.69, 9.17) is 23.1 Å². The van der Waals surface area contributed by atoms with Crippen molar-refractivity contribution in [3.05, 3.63) is 53.1 Å². The third kappa shape index (κ3) is 7.83. The number of hydrogen-bond acceptors (Lipinski definition) is 7. The Bertz CT molecular complexity index is 1160. The molecule has 11 heteroatoms. The molecular formula is C26H33F3O7S. The van der Waals surface area contributed by atoms with E-state index in [2.05, 4.69) is 13.8 Å². The summed E-state index contributed by atoms with van der Waals surface area (Å²) in [6, 6.07) is 7.27. The predicted molar refractivity (Wildman–Crippen MR) is 130 cm³/mol. The Balaban J connectivity index is 1.66. The molecule has 1 atom stereocenters. The van der Waals surface area contributed by atoms with Gasteiger partial charge in [-0.1, -0.05) is 19.9 Å². The lowest BCUT2D eigenvalue weighted by Gasteiger charge is -2.22. The van der Waals surface area contributed by atoms with Crippen LogP contribution in [0.2, 0.25) is 0 Å². The van der Waals surface area contributed by atoms with Crippen molar-refractivity contribution in [3.8, 4) is 11.5 Å². The molecule has 0 saturated heterocycles. The zero-order chi connectivity index (χ0) is 27.3. The van der Waals surface area contributed by atoms with Gasteiger partial charge in [0.05, 0.1) is 50.1 Å². The maximum Gasteiger partial charge on any atom is 0.416 e. The molecule has 0 radical (unpaired) electrons. The van der Waals surface area contributed by atoms with Crippen molar-refractivity contribution in [2.75, 3.05) is 39.6 Å². The molecule has 37 heavy (non-hydrogen) atoms. The summed E-state index contributed by atoms with van der Waals surface area (Å²) in [5, 5.41) is 0. The third-order valence-electron chi connectivity index (χ3n) is 5.68. The third-order valence-corrected chi connectivity index (χ3v) is 6.99. The highest BCUT2D eigenvalue weighted by atomic mass is 32.2. The molecule has 2 aromatic rings. The lowest BCUT2D eigenvalue weighted by molar-refractivity contribution is -0.137. The summed E-state index contributed by atoms with van der Waals surface area (Å²) in [5.41, 5.74) is 0.739. The number of halogens is 3. The highest BCUT2D eigenvalue weighted by molar-refractivity contribution is 7.86. The van der Waals surface area contributed by atoms with Crippen molar-refractivity contribution < 1.29 is 44.7 Å². The van der Waals surface area contributed by atoms with Crippen LogP contribution in [-0.2, 0) is 36.4 Å². The van der Waals surface area contributed by atoms with Gasteiger partial charge in [0, 0.05) is 0 Å². The molecule has 0 amide bonds. The molecule has 0 aromatic heterocycles. The lowest BCUT2D eigenvalue weighted by atomic mass is 9.85. The van der Waals surface area contributed by atoms with Gasteiger partial charge in [-0.15, -0.1) is 0 Å². The van der Waals surface area contributed by atoms with Crippen LogP contribution in [0.3, 0.4) is 0 Å². The molecule has 0 N–H and O–H groups in total. The van der Waals surface area contributed by atoms with Crippen LogP contribution < -0.4 is 9.47 Å². The first kappa shape index (κ1) is 29.2. The van der Waals surface area contributed by atoms with Crippen LogP contribution in [0.15, 0.2) is 41.3 Å². The lowest BCUT2D eigenvalue weighted by Crippen LogP contribution is -2.21. The molecule has 2 aromatic carbocycles. The van der Waals surface area contributed by atoms with Gasteiger partial charge in [0.15, 0.2) is 11.5 Å². The molecule has 0 bridgehead atoms. The van der Waals surface area contributed by atoms with Crippen LogP contribution in [0.25, 0.3) is 0 Å². The van der Waals surface area contributed by atoms with Gasteiger partial charge in [-0.3, -0.25) is 4.18 Å². The largest absolute Gasteiger partial charge is 0.490 e. The molecule has 0 aliphatic carbocycles. The van der Waals surface area contributed by atoms with E-state index in [0.29, 0.717) is 37.4 Å². The molecule has 0 fully saturated rings. The highest BCUT2D eigenvalue weighted by Crippen LogP contribution is 2.40. The summed E-state index contributed by atoms with van der Waals surface area (Å²) in [6.07, 6.45) is -4.35. The topological polar surface area (TPSA) is 80.3 Å². The van der Waals surface area contributed by atoms with E-state index in [-0.39, 0.29) is 25.2 Å². The summed E-state index contributed by atoms with van der Waals surface area (Å²) in [7, 11) is -4.38. The first-order valence-electron chi connectivity index (χ1n) is 12.0. The SMILES string of the molecule is CCOc1cc2c(cc1OCC)C(COCCOS(=O)(=O)c1cccc(C(F)(F)F)c1)OCC(C)(C)C2. The van der Waals surface area contributed by atoms with Crippen molar-refractivity contribution in [1.82, 2.24) is 0 Å². The van der Waals surface area contributed by atoms with Crippen LogP contribution in [0, 0.1) is 5.41 Å². The van der Waals surface area contributed by atoms with E-state index >= 15 is 0 Å². The molecule has 206 valence electrons. The van der Waals surface area contributed by atoms with Crippen LogP contribution in [0.4, 0.5) is 13.2 Å². The predicted octanol–water partition coefficient (Wildman–Crippen LogP) is 5.56. The van der Waals surface area contributed by atoms with Gasteiger partial charge in [-0.2, -0.15) is 21.6 Å². The van der Waals surface area contributed by atoms with Gasteiger partial charge in [0.2, 0.25) is 0 Å². The van der Waals surface area contributed by atoms with Crippen molar-refractivity contribution >= 4 is 10.1 Å². The zero-order valence-electron chi connectivity index (χ0n) is 21.4. The fourth-order valence-electron chi connectivity index (χ4n) is 4.02. The summed E-state index contributed by atoms with van der Waals surface area (Å²) in [4.78, 5) is -0.570. The second kappa shape index (κ2) is 12.0. The van der Waals surface area contributed by atoms with E-state index in [1.807, 2.05) is 26.0 Å². The molecular weight excluding hydrogens is 513 g/mol. The molecule has 3 rings (SSSR count). The van der Waals surface area contributed by atoms with E-state index in [0.717, 1.165) is 35.7 Å². The number of rotatable bonds is 11. The smallest absolute Gasteiger partial charge is 0.416 e. The van der Waals surface area contributed by atoms with E-state index < -0.39 is 32.9 Å². The number of hydrogen-bond donors (Lipinski definition) is 0. The summed E-state index contributed by atoms with van der Waals surface area (Å²) in [6.45, 7) is 9.07.